The van der Waals surface area contributed by atoms with Crippen LogP contribution in [0.25, 0.3) is 11.0 Å². The first kappa shape index (κ1) is 28.5. The molecule has 3 aromatic heterocycles. The van der Waals surface area contributed by atoms with Crippen molar-refractivity contribution < 1.29 is 23.0 Å². The Balaban J connectivity index is 1.13. The average Bonchev–Trinajstić information content (AvgIpc) is 3.76. The van der Waals surface area contributed by atoms with Crippen molar-refractivity contribution in [1.82, 2.24) is 33.8 Å². The zero-order valence-corrected chi connectivity index (χ0v) is 24.1. The summed E-state index contributed by atoms with van der Waals surface area (Å²) in [5.41, 5.74) is 3.52. The standard InChI is InChI=1S/C31H33F2N7O3/c1-3-38-20-34-16-25(38)17-39-28-14-21(31(41)42-2)5-7-27(28)35-29(39)18-37-11-8-24(9-12-37)40-13-10-30(36-40)43-19-22-4-6-23(32)15-26(22)33/h4-7,10,13-16,20,24H,3,8-9,11-12,17-19H2,1-2H3. The number of hydrogen-bond donors (Lipinski definition) is 0. The molecule has 2 aromatic carbocycles. The van der Waals surface area contributed by atoms with Gasteiger partial charge in [0.15, 0.2) is 0 Å². The number of imidazole rings is 2. The van der Waals surface area contributed by atoms with Gasteiger partial charge in [-0.05, 0) is 50.1 Å². The Labute approximate surface area is 247 Å². The van der Waals surface area contributed by atoms with Gasteiger partial charge in [-0.1, -0.05) is 0 Å². The number of piperidine rings is 1. The number of aromatic nitrogens is 6. The summed E-state index contributed by atoms with van der Waals surface area (Å²) in [5.74, 6) is -0.322. The van der Waals surface area contributed by atoms with Gasteiger partial charge in [0, 0.05) is 49.7 Å². The molecule has 0 amide bonds. The number of hydrogen-bond acceptors (Lipinski definition) is 7. The molecular formula is C31H33F2N7O3. The lowest BCUT2D eigenvalue weighted by Crippen LogP contribution is -2.35. The number of carbonyl (C=O) groups excluding carboxylic acids is 1. The minimum atomic E-state index is -0.639. The van der Waals surface area contributed by atoms with Crippen LogP contribution in [0.3, 0.4) is 0 Å². The number of halogens is 2. The van der Waals surface area contributed by atoms with Crippen LogP contribution in [0, 0.1) is 11.6 Å². The van der Waals surface area contributed by atoms with E-state index in [1.165, 1.54) is 19.2 Å². The molecule has 224 valence electrons. The second kappa shape index (κ2) is 12.3. The van der Waals surface area contributed by atoms with Gasteiger partial charge in [-0.15, -0.1) is 5.10 Å². The first-order chi connectivity index (χ1) is 20.9. The number of methoxy groups -OCH3 is 1. The molecule has 1 fully saturated rings. The van der Waals surface area contributed by atoms with Crippen LogP contribution in [-0.2, 0) is 31.0 Å². The van der Waals surface area contributed by atoms with Gasteiger partial charge in [0.1, 0.15) is 24.1 Å². The number of esters is 1. The van der Waals surface area contributed by atoms with Crippen molar-refractivity contribution in [2.45, 2.75) is 52.0 Å². The summed E-state index contributed by atoms with van der Waals surface area (Å²) >= 11 is 0. The lowest BCUT2D eigenvalue weighted by atomic mass is 10.1. The van der Waals surface area contributed by atoms with E-state index in [0.717, 1.165) is 61.1 Å². The van der Waals surface area contributed by atoms with E-state index in [1.54, 1.807) is 12.1 Å². The van der Waals surface area contributed by atoms with E-state index < -0.39 is 11.6 Å². The van der Waals surface area contributed by atoms with Gasteiger partial charge in [0.2, 0.25) is 5.88 Å². The molecule has 0 N–H and O–H groups in total. The van der Waals surface area contributed by atoms with Gasteiger partial charge >= 0.3 is 5.97 Å². The van der Waals surface area contributed by atoms with Crippen molar-refractivity contribution in [3.63, 3.8) is 0 Å². The number of nitrogens with zero attached hydrogens (tertiary/aromatic N) is 7. The van der Waals surface area contributed by atoms with Crippen molar-refractivity contribution in [3.05, 3.63) is 95.5 Å². The largest absolute Gasteiger partial charge is 0.472 e. The maximum Gasteiger partial charge on any atom is 0.337 e. The SMILES string of the molecule is CCn1cncc1Cn1c(CN2CCC(n3ccc(OCc4ccc(F)cc4F)n3)CC2)nc2ccc(C(=O)OC)cc21. The summed E-state index contributed by atoms with van der Waals surface area (Å²) in [5, 5.41) is 4.55. The number of benzene rings is 2. The highest BCUT2D eigenvalue weighted by atomic mass is 19.1. The molecule has 0 radical (unpaired) electrons. The topological polar surface area (TPSA) is 92.2 Å². The summed E-state index contributed by atoms with van der Waals surface area (Å²) in [7, 11) is 1.38. The average molecular weight is 590 g/mol. The first-order valence-corrected chi connectivity index (χ1v) is 14.3. The van der Waals surface area contributed by atoms with E-state index in [9.17, 15) is 13.6 Å². The van der Waals surface area contributed by atoms with E-state index in [4.69, 9.17) is 14.5 Å². The summed E-state index contributed by atoms with van der Waals surface area (Å²) in [6, 6.07) is 10.9. The minimum absolute atomic E-state index is 0.0251. The monoisotopic (exact) mass is 589 g/mol. The quantitative estimate of drug-likeness (QED) is 0.212. The van der Waals surface area contributed by atoms with Crippen LogP contribution in [0.15, 0.2) is 61.2 Å². The van der Waals surface area contributed by atoms with Crippen LogP contribution in [0.5, 0.6) is 5.88 Å². The summed E-state index contributed by atoms with van der Waals surface area (Å²) in [6.45, 7) is 5.81. The van der Waals surface area contributed by atoms with Gasteiger partial charge in [-0.25, -0.2) is 23.5 Å². The predicted octanol–water partition coefficient (Wildman–Crippen LogP) is 4.98. The lowest BCUT2D eigenvalue weighted by molar-refractivity contribution is 0.0601. The van der Waals surface area contributed by atoms with Crippen molar-refractivity contribution in [3.8, 4) is 5.88 Å². The zero-order chi connectivity index (χ0) is 29.9. The number of aryl methyl sites for hydroxylation is 1. The predicted molar refractivity (Wildman–Crippen MR) is 155 cm³/mol. The Morgan fingerprint density at radius 3 is 2.67 bits per heavy atom. The molecule has 4 heterocycles. The molecule has 0 atom stereocenters. The third-order valence-electron chi connectivity index (χ3n) is 7.98. The van der Waals surface area contributed by atoms with E-state index >= 15 is 0 Å². The Hall–Kier alpha value is -4.58. The van der Waals surface area contributed by atoms with Gasteiger partial charge < -0.3 is 18.6 Å². The molecule has 12 heteroatoms. The third-order valence-corrected chi connectivity index (χ3v) is 7.98. The number of fused-ring (bicyclic) bond motifs is 1. The van der Waals surface area contributed by atoms with Crippen LogP contribution >= 0.6 is 0 Å². The molecule has 10 nitrogen and oxygen atoms in total. The van der Waals surface area contributed by atoms with E-state index in [1.807, 2.05) is 35.5 Å². The third kappa shape index (κ3) is 6.14. The van der Waals surface area contributed by atoms with E-state index in [-0.39, 0.29) is 24.2 Å². The number of rotatable bonds is 10. The molecule has 1 aliphatic rings. The summed E-state index contributed by atoms with van der Waals surface area (Å²) in [6.07, 6.45) is 7.36. The lowest BCUT2D eigenvalue weighted by Gasteiger charge is -2.31. The second-order valence-corrected chi connectivity index (χ2v) is 10.6. The first-order valence-electron chi connectivity index (χ1n) is 14.3. The Bertz CT molecular complexity index is 1740. The molecule has 0 bridgehead atoms. The van der Waals surface area contributed by atoms with Crippen molar-refractivity contribution >= 4 is 17.0 Å². The van der Waals surface area contributed by atoms with Gasteiger partial charge in [0.05, 0.1) is 54.9 Å². The number of likely N-dealkylation sites (tertiary alicyclic amines) is 1. The highest BCUT2D eigenvalue weighted by molar-refractivity contribution is 5.93. The molecule has 1 aliphatic heterocycles. The van der Waals surface area contributed by atoms with Crippen molar-refractivity contribution in [2.24, 2.45) is 0 Å². The van der Waals surface area contributed by atoms with Crippen LogP contribution in [0.1, 0.15) is 53.2 Å². The van der Waals surface area contributed by atoms with Crippen LogP contribution in [-0.4, -0.2) is 60.0 Å². The van der Waals surface area contributed by atoms with Crippen LogP contribution < -0.4 is 4.74 Å². The fraction of sp³-hybridized carbons (Fsp3) is 0.355. The van der Waals surface area contributed by atoms with Crippen LogP contribution in [0.4, 0.5) is 8.78 Å². The molecule has 0 spiro atoms. The second-order valence-electron chi connectivity index (χ2n) is 10.6. The number of ether oxygens (including phenoxy) is 2. The minimum Gasteiger partial charge on any atom is -0.472 e. The Kier molecular flexibility index (Phi) is 8.19. The number of carbonyl (C=O) groups is 1. The molecule has 0 aliphatic carbocycles. The molecule has 5 aromatic rings. The normalized spacial score (nSPS) is 14.4. The maximum absolute atomic E-state index is 13.9. The molecular weight excluding hydrogens is 556 g/mol. The molecule has 0 saturated carbocycles. The smallest absolute Gasteiger partial charge is 0.337 e. The highest BCUT2D eigenvalue weighted by Crippen LogP contribution is 2.27. The Morgan fingerprint density at radius 1 is 1.07 bits per heavy atom. The molecule has 6 rings (SSSR count). The van der Waals surface area contributed by atoms with E-state index in [2.05, 4.69) is 31.0 Å². The molecule has 1 saturated heterocycles. The fourth-order valence-electron chi connectivity index (χ4n) is 5.57. The van der Waals surface area contributed by atoms with Crippen molar-refractivity contribution in [2.75, 3.05) is 20.2 Å². The van der Waals surface area contributed by atoms with Crippen LogP contribution in [0.2, 0.25) is 0 Å². The zero-order valence-electron chi connectivity index (χ0n) is 24.1. The Morgan fingerprint density at radius 2 is 1.91 bits per heavy atom. The van der Waals surface area contributed by atoms with Gasteiger partial charge in [-0.3, -0.25) is 9.58 Å². The molecule has 0 unspecified atom stereocenters. The maximum atomic E-state index is 13.9. The summed E-state index contributed by atoms with van der Waals surface area (Å²) < 4.78 is 43.9. The van der Waals surface area contributed by atoms with Gasteiger partial charge in [0.25, 0.3) is 0 Å². The fourth-order valence-corrected chi connectivity index (χ4v) is 5.57. The van der Waals surface area contributed by atoms with Gasteiger partial charge in [-0.2, -0.15) is 0 Å². The van der Waals surface area contributed by atoms with Crippen molar-refractivity contribution in [1.29, 1.82) is 0 Å². The molecule has 43 heavy (non-hydrogen) atoms. The van der Waals surface area contributed by atoms with E-state index in [0.29, 0.717) is 24.5 Å². The highest BCUT2D eigenvalue weighted by Gasteiger charge is 2.24. The summed E-state index contributed by atoms with van der Waals surface area (Å²) in [4.78, 5) is 23.9.